The van der Waals surface area contributed by atoms with Crippen molar-refractivity contribution in [3.63, 3.8) is 0 Å². The molecule has 0 radical (unpaired) electrons. The van der Waals surface area contributed by atoms with Crippen LogP contribution in [-0.4, -0.2) is 4.57 Å². The molecule has 0 fully saturated rings. The van der Waals surface area contributed by atoms with Crippen LogP contribution in [0.15, 0.2) is 218 Å². The van der Waals surface area contributed by atoms with E-state index < -0.39 is 0 Å². The number of benzene rings is 9. The van der Waals surface area contributed by atoms with Gasteiger partial charge in [-0.15, -0.1) is 11.3 Å². The van der Waals surface area contributed by atoms with E-state index in [0.29, 0.717) is 0 Å². The van der Waals surface area contributed by atoms with Crippen molar-refractivity contribution in [3.8, 4) is 39.1 Å². The summed E-state index contributed by atoms with van der Waals surface area (Å²) in [5, 5.41) is 5.05. The Morgan fingerprint density at radius 3 is 1.79 bits per heavy atom. The first kappa shape index (κ1) is 33.2. The zero-order chi connectivity index (χ0) is 37.7. The summed E-state index contributed by atoms with van der Waals surface area (Å²) in [5.74, 6) is 0. The Labute approximate surface area is 335 Å². The van der Waals surface area contributed by atoms with Gasteiger partial charge in [-0.05, 0) is 82.9 Å². The summed E-state index contributed by atoms with van der Waals surface area (Å²) in [7, 11) is 0. The third kappa shape index (κ3) is 5.71. The van der Waals surface area contributed by atoms with E-state index in [1.165, 1.54) is 69.8 Å². The fourth-order valence-electron chi connectivity index (χ4n) is 8.56. The van der Waals surface area contributed by atoms with Gasteiger partial charge in [0, 0.05) is 53.4 Å². The van der Waals surface area contributed by atoms with E-state index in [1.54, 1.807) is 0 Å². The topological polar surface area (TPSA) is 8.17 Å². The number of para-hydroxylation sites is 3. The molecule has 2 nitrogen and oxygen atoms in total. The van der Waals surface area contributed by atoms with E-state index in [9.17, 15) is 0 Å². The first-order valence-electron chi connectivity index (χ1n) is 19.4. The Morgan fingerprint density at radius 2 is 0.965 bits per heavy atom. The molecule has 0 aliphatic carbocycles. The molecule has 0 aliphatic rings. The van der Waals surface area contributed by atoms with Gasteiger partial charge in [0.15, 0.2) is 0 Å². The lowest BCUT2D eigenvalue weighted by Crippen LogP contribution is -2.11. The van der Waals surface area contributed by atoms with Gasteiger partial charge in [-0.2, -0.15) is 0 Å². The highest BCUT2D eigenvalue weighted by atomic mass is 32.1. The van der Waals surface area contributed by atoms with E-state index >= 15 is 0 Å². The zero-order valence-corrected chi connectivity index (χ0v) is 31.9. The van der Waals surface area contributed by atoms with Gasteiger partial charge in [0.25, 0.3) is 0 Å². The SMILES string of the molecule is c1ccc(-c2ccc(-c3ccccc3)c(-n3c4ccccc4c4ccc(N(c5ccccc5)c5ccccc5-c5ccc6sc7ccccc7c6c5)cc43)c2)cc1. The zero-order valence-electron chi connectivity index (χ0n) is 31.1. The average Bonchev–Trinajstić information content (AvgIpc) is 3.82. The van der Waals surface area contributed by atoms with Crippen LogP contribution >= 0.6 is 11.3 Å². The average molecular weight is 745 g/mol. The molecule has 57 heavy (non-hydrogen) atoms. The fraction of sp³-hybridized carbons (Fsp3) is 0. The summed E-state index contributed by atoms with van der Waals surface area (Å²) in [6.07, 6.45) is 0. The van der Waals surface area contributed by atoms with Crippen LogP contribution in [-0.2, 0) is 0 Å². The first-order chi connectivity index (χ1) is 28.3. The van der Waals surface area contributed by atoms with Crippen LogP contribution in [0.25, 0.3) is 81.0 Å². The van der Waals surface area contributed by atoms with E-state index in [0.717, 1.165) is 28.3 Å². The summed E-state index contributed by atoms with van der Waals surface area (Å²) in [6, 6.07) is 79.5. The van der Waals surface area contributed by atoms with Gasteiger partial charge in [-0.3, -0.25) is 0 Å². The second-order valence-corrected chi connectivity index (χ2v) is 15.6. The quantitative estimate of drug-likeness (QED) is 0.158. The Morgan fingerprint density at radius 1 is 0.333 bits per heavy atom. The Hall–Kier alpha value is -7.20. The molecule has 0 atom stereocenters. The van der Waals surface area contributed by atoms with Gasteiger partial charge in [0.2, 0.25) is 0 Å². The molecule has 3 heteroatoms. The molecule has 9 aromatic carbocycles. The van der Waals surface area contributed by atoms with E-state index in [4.69, 9.17) is 0 Å². The van der Waals surface area contributed by atoms with Crippen molar-refractivity contribution in [2.45, 2.75) is 0 Å². The minimum atomic E-state index is 1.09. The van der Waals surface area contributed by atoms with E-state index in [1.807, 2.05) is 11.3 Å². The lowest BCUT2D eigenvalue weighted by Gasteiger charge is -2.28. The maximum atomic E-state index is 2.48. The van der Waals surface area contributed by atoms with Crippen LogP contribution < -0.4 is 4.90 Å². The lowest BCUT2D eigenvalue weighted by atomic mass is 9.98. The van der Waals surface area contributed by atoms with Gasteiger partial charge < -0.3 is 9.47 Å². The molecule has 11 aromatic rings. The second-order valence-electron chi connectivity index (χ2n) is 14.5. The van der Waals surface area contributed by atoms with Gasteiger partial charge in [0.05, 0.1) is 22.4 Å². The minimum Gasteiger partial charge on any atom is -0.310 e. The third-order valence-electron chi connectivity index (χ3n) is 11.2. The number of hydrogen-bond acceptors (Lipinski definition) is 2. The summed E-state index contributed by atoms with van der Waals surface area (Å²) in [4.78, 5) is 2.42. The Kier molecular flexibility index (Phi) is 8.04. The molecule has 0 aliphatic heterocycles. The first-order valence-corrected chi connectivity index (χ1v) is 20.2. The summed E-state index contributed by atoms with van der Waals surface area (Å²) >= 11 is 1.86. The number of anilines is 3. The fourth-order valence-corrected chi connectivity index (χ4v) is 9.64. The predicted molar refractivity (Wildman–Crippen MR) is 245 cm³/mol. The molecule has 0 unspecified atom stereocenters. The number of fused-ring (bicyclic) bond motifs is 6. The van der Waals surface area contributed by atoms with Crippen molar-refractivity contribution in [2.24, 2.45) is 0 Å². The molecule has 268 valence electrons. The van der Waals surface area contributed by atoms with Gasteiger partial charge in [0.1, 0.15) is 0 Å². The Balaban J connectivity index is 1.16. The molecule has 0 saturated carbocycles. The molecule has 0 spiro atoms. The molecule has 2 aromatic heterocycles. The van der Waals surface area contributed by atoms with Crippen LogP contribution in [0.1, 0.15) is 0 Å². The standard InChI is InChI=1S/C54H36N2S/c1-4-16-37(17-5-1)39-28-31-44(38-18-6-2-7-19-38)51(35-39)56-50-26-14-11-23-45(50)46-32-30-42(36-52(46)56)55(41-20-8-3-9-21-41)49-25-13-10-22-43(49)40-29-33-54-48(34-40)47-24-12-15-27-53(47)57-54/h1-36H. The number of rotatable bonds is 7. The lowest BCUT2D eigenvalue weighted by molar-refractivity contribution is 1.18. The van der Waals surface area contributed by atoms with Gasteiger partial charge >= 0.3 is 0 Å². The summed E-state index contributed by atoms with van der Waals surface area (Å²) < 4.78 is 5.10. The highest BCUT2D eigenvalue weighted by Crippen LogP contribution is 2.45. The maximum Gasteiger partial charge on any atom is 0.0562 e. The molecule has 2 heterocycles. The van der Waals surface area contributed by atoms with Gasteiger partial charge in [-0.1, -0.05) is 158 Å². The van der Waals surface area contributed by atoms with Crippen LogP contribution in [0.3, 0.4) is 0 Å². The molecule has 0 bridgehead atoms. The van der Waals surface area contributed by atoms with Crippen LogP contribution in [0.5, 0.6) is 0 Å². The second kappa shape index (κ2) is 13.8. The largest absolute Gasteiger partial charge is 0.310 e. The van der Waals surface area contributed by atoms with Crippen molar-refractivity contribution in [1.29, 1.82) is 0 Å². The Bertz CT molecular complexity index is 3230. The molecule has 0 amide bonds. The van der Waals surface area contributed by atoms with Crippen LogP contribution in [0.2, 0.25) is 0 Å². The number of nitrogens with zero attached hydrogens (tertiary/aromatic N) is 2. The van der Waals surface area contributed by atoms with Crippen LogP contribution in [0, 0.1) is 0 Å². The van der Waals surface area contributed by atoms with Crippen molar-refractivity contribution in [3.05, 3.63) is 218 Å². The van der Waals surface area contributed by atoms with Crippen LogP contribution in [0.4, 0.5) is 17.1 Å². The van der Waals surface area contributed by atoms with Gasteiger partial charge in [-0.25, -0.2) is 0 Å². The van der Waals surface area contributed by atoms with Crippen molar-refractivity contribution >= 4 is 70.4 Å². The maximum absolute atomic E-state index is 2.48. The normalized spacial score (nSPS) is 11.5. The van der Waals surface area contributed by atoms with Crippen molar-refractivity contribution < 1.29 is 0 Å². The molecular weight excluding hydrogens is 709 g/mol. The monoisotopic (exact) mass is 744 g/mol. The highest BCUT2D eigenvalue weighted by Gasteiger charge is 2.22. The number of hydrogen-bond donors (Lipinski definition) is 0. The molecule has 11 rings (SSSR count). The number of aromatic nitrogens is 1. The van der Waals surface area contributed by atoms with Crippen molar-refractivity contribution in [2.75, 3.05) is 4.90 Å². The summed E-state index contributed by atoms with van der Waals surface area (Å²) in [6.45, 7) is 0. The highest BCUT2D eigenvalue weighted by molar-refractivity contribution is 7.25. The predicted octanol–water partition coefficient (Wildman–Crippen LogP) is 15.6. The third-order valence-corrected chi connectivity index (χ3v) is 12.3. The molecule has 0 N–H and O–H groups in total. The number of thiophene rings is 1. The molecule has 0 saturated heterocycles. The van der Waals surface area contributed by atoms with Crippen molar-refractivity contribution in [1.82, 2.24) is 4.57 Å². The van der Waals surface area contributed by atoms with E-state index in [-0.39, 0.29) is 0 Å². The smallest absolute Gasteiger partial charge is 0.0562 e. The van der Waals surface area contributed by atoms with E-state index in [2.05, 4.69) is 228 Å². The minimum absolute atomic E-state index is 1.09. The summed E-state index contributed by atoms with van der Waals surface area (Å²) in [5.41, 5.74) is 13.9. The molecular formula is C54H36N2S.